The van der Waals surface area contributed by atoms with E-state index in [1.165, 1.54) is 5.56 Å². The average molecular weight is 307 g/mol. The smallest absolute Gasteiger partial charge is 0.191 e. The van der Waals surface area contributed by atoms with Crippen molar-refractivity contribution in [2.24, 2.45) is 4.99 Å². The Bertz CT molecular complexity index is 396. The van der Waals surface area contributed by atoms with Crippen molar-refractivity contribution < 1.29 is 9.47 Å². The Balaban J connectivity index is 1.99. The zero-order chi connectivity index (χ0) is 15.9. The Hall–Kier alpha value is -1.59. The van der Waals surface area contributed by atoms with Crippen molar-refractivity contribution in [3.63, 3.8) is 0 Å². The molecule has 0 aliphatic rings. The molecule has 0 radical (unpaired) electrons. The molecule has 5 heteroatoms. The predicted octanol–water partition coefficient (Wildman–Crippen LogP) is 2.18. The van der Waals surface area contributed by atoms with Crippen molar-refractivity contribution in [3.05, 3.63) is 35.9 Å². The number of guanidine groups is 1. The second-order valence-electron chi connectivity index (χ2n) is 4.87. The summed E-state index contributed by atoms with van der Waals surface area (Å²) in [4.78, 5) is 4.19. The highest BCUT2D eigenvalue weighted by Crippen LogP contribution is 1.99. The number of benzene rings is 1. The molecule has 0 aliphatic heterocycles. The molecule has 1 aromatic rings. The molecule has 0 bridgehead atoms. The summed E-state index contributed by atoms with van der Waals surface area (Å²) in [6.45, 7) is 6.58. The van der Waals surface area contributed by atoms with Crippen LogP contribution in [0.4, 0.5) is 0 Å². The van der Waals surface area contributed by atoms with E-state index >= 15 is 0 Å². The van der Waals surface area contributed by atoms with Crippen molar-refractivity contribution in [2.45, 2.75) is 26.4 Å². The molecule has 2 N–H and O–H groups in total. The number of aliphatic imine (C=N–C) groups is 1. The molecule has 1 aromatic carbocycles. The van der Waals surface area contributed by atoms with E-state index in [1.807, 2.05) is 25.1 Å². The number of ether oxygens (including phenoxy) is 2. The average Bonchev–Trinajstić information content (AvgIpc) is 2.56. The summed E-state index contributed by atoms with van der Waals surface area (Å²) in [6.07, 6.45) is 2.14. The molecule has 0 saturated heterocycles. The maximum Gasteiger partial charge on any atom is 0.191 e. The Morgan fingerprint density at radius 3 is 2.50 bits per heavy atom. The van der Waals surface area contributed by atoms with Crippen LogP contribution in [0.3, 0.4) is 0 Å². The van der Waals surface area contributed by atoms with Gasteiger partial charge in [0.2, 0.25) is 0 Å². The quantitative estimate of drug-likeness (QED) is 0.374. The maximum absolute atomic E-state index is 5.62. The van der Waals surface area contributed by atoms with Gasteiger partial charge in [-0.2, -0.15) is 0 Å². The molecular formula is C17H29N3O2. The monoisotopic (exact) mass is 307 g/mol. The summed E-state index contributed by atoms with van der Waals surface area (Å²) in [6, 6.07) is 10.2. The molecule has 22 heavy (non-hydrogen) atoms. The van der Waals surface area contributed by atoms with Gasteiger partial charge < -0.3 is 20.1 Å². The molecule has 0 heterocycles. The van der Waals surface area contributed by atoms with Gasteiger partial charge in [-0.25, -0.2) is 0 Å². The summed E-state index contributed by atoms with van der Waals surface area (Å²) in [7, 11) is 1.78. The minimum atomic E-state index is 0.645. The van der Waals surface area contributed by atoms with Gasteiger partial charge in [0.15, 0.2) is 5.96 Å². The molecule has 0 aromatic heterocycles. The fraction of sp³-hybridized carbons (Fsp3) is 0.588. The van der Waals surface area contributed by atoms with Crippen LogP contribution in [0.5, 0.6) is 0 Å². The van der Waals surface area contributed by atoms with E-state index in [1.54, 1.807) is 7.05 Å². The van der Waals surface area contributed by atoms with Crippen LogP contribution in [0.15, 0.2) is 35.3 Å². The van der Waals surface area contributed by atoms with Crippen LogP contribution in [-0.2, 0) is 16.1 Å². The molecule has 0 amide bonds. The molecule has 1 rings (SSSR count). The zero-order valence-electron chi connectivity index (χ0n) is 13.8. The Labute approximate surface area is 134 Å². The highest BCUT2D eigenvalue weighted by atomic mass is 16.5. The van der Waals surface area contributed by atoms with Crippen LogP contribution in [0.2, 0.25) is 0 Å². The topological polar surface area (TPSA) is 54.9 Å². The minimum Gasteiger partial charge on any atom is -0.382 e. The summed E-state index contributed by atoms with van der Waals surface area (Å²) < 4.78 is 10.9. The second-order valence-corrected chi connectivity index (χ2v) is 4.87. The molecule has 0 aliphatic carbocycles. The molecule has 0 fully saturated rings. The number of hydrogen-bond acceptors (Lipinski definition) is 3. The second kappa shape index (κ2) is 13.1. The van der Waals surface area contributed by atoms with Gasteiger partial charge in [0, 0.05) is 33.4 Å². The summed E-state index contributed by atoms with van der Waals surface area (Å²) in [5.41, 5.74) is 1.19. The van der Waals surface area contributed by atoms with Crippen molar-refractivity contribution in [1.29, 1.82) is 0 Å². The first kappa shape index (κ1) is 18.5. The van der Waals surface area contributed by atoms with Crippen LogP contribution in [0.25, 0.3) is 0 Å². The first-order valence-electron chi connectivity index (χ1n) is 8.00. The summed E-state index contributed by atoms with van der Waals surface area (Å²) in [5, 5.41) is 6.52. The van der Waals surface area contributed by atoms with Gasteiger partial charge in [0.25, 0.3) is 0 Å². The maximum atomic E-state index is 5.62. The van der Waals surface area contributed by atoms with E-state index < -0.39 is 0 Å². The van der Waals surface area contributed by atoms with Crippen molar-refractivity contribution >= 4 is 5.96 Å². The minimum absolute atomic E-state index is 0.645. The third kappa shape index (κ3) is 9.37. The van der Waals surface area contributed by atoms with Gasteiger partial charge in [-0.05, 0) is 25.3 Å². The van der Waals surface area contributed by atoms with E-state index in [9.17, 15) is 0 Å². The SMILES string of the molecule is CCOCCCCNC(=NC)NCCOCc1ccccc1. The van der Waals surface area contributed by atoms with Crippen LogP contribution in [0, 0.1) is 0 Å². The summed E-state index contributed by atoms with van der Waals surface area (Å²) in [5.74, 6) is 0.819. The first-order chi connectivity index (χ1) is 10.9. The van der Waals surface area contributed by atoms with Crippen molar-refractivity contribution in [1.82, 2.24) is 10.6 Å². The lowest BCUT2D eigenvalue weighted by molar-refractivity contribution is 0.125. The third-order valence-electron chi connectivity index (χ3n) is 3.09. The highest BCUT2D eigenvalue weighted by Gasteiger charge is 1.97. The van der Waals surface area contributed by atoms with Crippen LogP contribution in [-0.4, -0.2) is 45.9 Å². The Morgan fingerprint density at radius 1 is 1.00 bits per heavy atom. The van der Waals surface area contributed by atoms with E-state index in [-0.39, 0.29) is 0 Å². The number of hydrogen-bond donors (Lipinski definition) is 2. The molecule has 0 spiro atoms. The summed E-state index contributed by atoms with van der Waals surface area (Å²) >= 11 is 0. The number of nitrogens with zero attached hydrogens (tertiary/aromatic N) is 1. The fourth-order valence-electron chi connectivity index (χ4n) is 1.91. The molecular weight excluding hydrogens is 278 g/mol. The van der Waals surface area contributed by atoms with E-state index in [0.717, 1.165) is 45.1 Å². The van der Waals surface area contributed by atoms with E-state index in [2.05, 4.69) is 27.8 Å². The highest BCUT2D eigenvalue weighted by molar-refractivity contribution is 5.79. The number of nitrogens with one attached hydrogen (secondary N) is 2. The molecule has 0 unspecified atom stereocenters. The standard InChI is InChI=1S/C17H29N3O2/c1-3-21-13-8-7-11-19-17(18-2)20-12-14-22-15-16-9-5-4-6-10-16/h4-6,9-10H,3,7-8,11-15H2,1-2H3,(H2,18,19,20). The largest absolute Gasteiger partial charge is 0.382 e. The molecule has 124 valence electrons. The first-order valence-corrected chi connectivity index (χ1v) is 8.00. The number of unbranched alkanes of at least 4 members (excludes halogenated alkanes) is 1. The third-order valence-corrected chi connectivity index (χ3v) is 3.09. The fourth-order valence-corrected chi connectivity index (χ4v) is 1.91. The number of rotatable bonds is 11. The van der Waals surface area contributed by atoms with Gasteiger partial charge in [-0.1, -0.05) is 30.3 Å². The van der Waals surface area contributed by atoms with Crippen LogP contribution >= 0.6 is 0 Å². The van der Waals surface area contributed by atoms with Crippen molar-refractivity contribution in [3.8, 4) is 0 Å². The van der Waals surface area contributed by atoms with Gasteiger partial charge in [-0.3, -0.25) is 4.99 Å². The lowest BCUT2D eigenvalue weighted by Crippen LogP contribution is -2.39. The normalized spacial score (nSPS) is 11.5. The van der Waals surface area contributed by atoms with Gasteiger partial charge >= 0.3 is 0 Å². The van der Waals surface area contributed by atoms with Crippen LogP contribution in [0.1, 0.15) is 25.3 Å². The van der Waals surface area contributed by atoms with Gasteiger partial charge in [0.1, 0.15) is 0 Å². The van der Waals surface area contributed by atoms with Gasteiger partial charge in [0.05, 0.1) is 13.2 Å². The van der Waals surface area contributed by atoms with E-state index in [0.29, 0.717) is 13.2 Å². The Kier molecular flexibility index (Phi) is 11.0. The molecule has 0 atom stereocenters. The lowest BCUT2D eigenvalue weighted by atomic mass is 10.2. The zero-order valence-corrected chi connectivity index (χ0v) is 13.8. The molecule has 0 saturated carbocycles. The predicted molar refractivity (Wildman–Crippen MR) is 91.2 cm³/mol. The Morgan fingerprint density at radius 2 is 1.77 bits per heavy atom. The van der Waals surface area contributed by atoms with Gasteiger partial charge in [-0.15, -0.1) is 0 Å². The van der Waals surface area contributed by atoms with Crippen molar-refractivity contribution in [2.75, 3.05) is 40.0 Å². The molecule has 5 nitrogen and oxygen atoms in total. The lowest BCUT2D eigenvalue weighted by Gasteiger charge is -2.12. The van der Waals surface area contributed by atoms with Crippen LogP contribution < -0.4 is 10.6 Å². The van der Waals surface area contributed by atoms with E-state index in [4.69, 9.17) is 9.47 Å².